The Morgan fingerprint density at radius 3 is 2.00 bits per heavy atom. The predicted molar refractivity (Wildman–Crippen MR) is 33.6 cm³/mol. The van der Waals surface area contributed by atoms with Crippen LogP contribution in [0.1, 0.15) is 0 Å². The first-order valence-electron chi connectivity index (χ1n) is 2.71. The summed E-state index contributed by atoms with van der Waals surface area (Å²) >= 11 is 0. The van der Waals surface area contributed by atoms with Crippen molar-refractivity contribution in [1.82, 2.24) is 15.4 Å². The van der Waals surface area contributed by atoms with E-state index in [-0.39, 0.29) is 15.1 Å². The van der Waals surface area contributed by atoms with E-state index in [4.69, 9.17) is 0 Å². The maximum atomic E-state index is 3.31. The fourth-order valence-corrected chi connectivity index (χ4v) is 0.832. The molecule has 1 fully saturated rings. The number of hydrogen-bond donors (Lipinski definition) is 3. The largest absolute Gasteiger partial charge is 0.655 e. The highest BCUT2D eigenvalue weighted by molar-refractivity contribution is 6.65. The number of rotatable bonds is 0. The first kappa shape index (κ1) is 4.24. The third-order valence-corrected chi connectivity index (χ3v) is 1.21. The van der Waals surface area contributed by atoms with Crippen LogP contribution < -0.4 is 15.4 Å². The smallest absolute Gasteiger partial charge is 0.207 e. The van der Waals surface area contributed by atoms with E-state index < -0.39 is 0 Å². The van der Waals surface area contributed by atoms with Crippen LogP contribution >= 0.6 is 0 Å². The van der Waals surface area contributed by atoms with Gasteiger partial charge in [0.1, 0.15) is 0 Å². The van der Waals surface area contributed by atoms with Gasteiger partial charge >= 0.3 is 0 Å². The quantitative estimate of drug-likeness (QED) is 0.261. The van der Waals surface area contributed by atoms with E-state index >= 15 is 0 Å². The van der Waals surface area contributed by atoms with Gasteiger partial charge in [-0.25, -0.2) is 0 Å². The molecule has 1 rings (SSSR count). The summed E-state index contributed by atoms with van der Waals surface area (Å²) in [6, 6.07) is 0. The summed E-state index contributed by atoms with van der Waals surface area (Å²) in [5.74, 6) is 0. The van der Waals surface area contributed by atoms with Crippen molar-refractivity contribution in [2.24, 2.45) is 0 Å². The van der Waals surface area contributed by atoms with E-state index in [1.165, 1.54) is 0 Å². The average Bonchev–Trinajstić information content (AvgIpc) is 1.72. The Labute approximate surface area is 39.1 Å². The molecule has 0 aromatic carbocycles. The Morgan fingerprint density at radius 1 is 1.17 bits per heavy atom. The zero-order valence-corrected chi connectivity index (χ0v) is 4.21. The molecule has 0 radical (unpaired) electrons. The van der Waals surface area contributed by atoms with Gasteiger partial charge in [0, 0.05) is 15.1 Å². The highest BCUT2D eigenvalue weighted by atomic mass is 15.0. The van der Waals surface area contributed by atoms with Crippen molar-refractivity contribution < 1.29 is 0 Å². The topological polar surface area (TPSA) is 36.1 Å². The van der Waals surface area contributed by atoms with Gasteiger partial charge in [0.25, 0.3) is 0 Å². The molecule has 6 heavy (non-hydrogen) atoms. The SMILES string of the molecule is B1N[BH2-]N[BH2-]N1. The molecule has 1 saturated heterocycles. The van der Waals surface area contributed by atoms with Crippen molar-refractivity contribution >= 4 is 22.6 Å². The van der Waals surface area contributed by atoms with Crippen LogP contribution in [0.2, 0.25) is 0 Å². The van der Waals surface area contributed by atoms with Gasteiger partial charge in [0.15, 0.2) is 0 Å². The fourth-order valence-electron chi connectivity index (χ4n) is 0.832. The number of hydrogen-bond acceptors (Lipinski definition) is 3. The van der Waals surface area contributed by atoms with Gasteiger partial charge in [-0.05, 0) is 0 Å². The summed E-state index contributed by atoms with van der Waals surface area (Å²) < 4.78 is 0. The van der Waals surface area contributed by atoms with Crippen molar-refractivity contribution in [1.29, 1.82) is 0 Å². The lowest BCUT2D eigenvalue weighted by Crippen LogP contribution is -2.55. The summed E-state index contributed by atoms with van der Waals surface area (Å²) in [5.41, 5.74) is 0. The van der Waals surface area contributed by atoms with Crippen molar-refractivity contribution in [3.05, 3.63) is 0 Å². The fraction of sp³-hybridized carbons (Fsp3) is 0. The lowest BCUT2D eigenvalue weighted by Gasteiger charge is -2.26. The molecule has 0 spiro atoms. The average molecular weight is 82.5 g/mol. The van der Waals surface area contributed by atoms with Crippen LogP contribution in [0, 0.1) is 0 Å². The Hall–Kier alpha value is 0.0748. The van der Waals surface area contributed by atoms with E-state index in [9.17, 15) is 0 Å². The maximum absolute atomic E-state index is 3.31. The van der Waals surface area contributed by atoms with Gasteiger partial charge in [-0.3, -0.25) is 0 Å². The Morgan fingerprint density at radius 2 is 1.83 bits per heavy atom. The van der Waals surface area contributed by atoms with E-state index in [0.717, 1.165) is 7.55 Å². The summed E-state index contributed by atoms with van der Waals surface area (Å²) in [6.07, 6.45) is 0. The van der Waals surface area contributed by atoms with Gasteiger partial charge in [0.2, 0.25) is 7.55 Å². The minimum Gasteiger partial charge on any atom is -0.655 e. The molecule has 3 N–H and O–H groups in total. The lowest BCUT2D eigenvalue weighted by atomic mass is 9.85. The molecule has 0 atom stereocenters. The second-order valence-corrected chi connectivity index (χ2v) is 1.88. The monoisotopic (exact) mass is 83.1 g/mol. The molecule has 1 heterocycles. The number of nitrogens with one attached hydrogen (secondary N) is 3. The van der Waals surface area contributed by atoms with Crippen molar-refractivity contribution in [2.45, 2.75) is 0 Å². The molecule has 1 aliphatic rings. The van der Waals surface area contributed by atoms with Crippen molar-refractivity contribution in [2.75, 3.05) is 0 Å². The molecule has 0 bridgehead atoms. The van der Waals surface area contributed by atoms with Crippen LogP contribution in [0.15, 0.2) is 0 Å². The lowest BCUT2D eigenvalue weighted by molar-refractivity contribution is 1.28. The van der Waals surface area contributed by atoms with Crippen LogP contribution in [0.3, 0.4) is 0 Å². The van der Waals surface area contributed by atoms with Crippen molar-refractivity contribution in [3.63, 3.8) is 0 Å². The summed E-state index contributed by atoms with van der Waals surface area (Å²) in [4.78, 5) is 0. The van der Waals surface area contributed by atoms with Crippen molar-refractivity contribution in [3.8, 4) is 0 Å². The molecule has 0 aromatic rings. The summed E-state index contributed by atoms with van der Waals surface area (Å²) in [5, 5.41) is 9.75. The minimum absolute atomic E-state index is 0.101. The van der Waals surface area contributed by atoms with E-state index in [1.807, 2.05) is 0 Å². The molecule has 6 heteroatoms. The molecule has 34 valence electrons. The highest BCUT2D eigenvalue weighted by Crippen LogP contribution is 1.46. The first-order valence-corrected chi connectivity index (χ1v) is 2.71. The molecule has 0 aromatic heterocycles. The summed E-state index contributed by atoms with van der Waals surface area (Å²) in [6.45, 7) is 0. The Kier molecular flexibility index (Phi) is 1.61. The minimum atomic E-state index is 0.101. The standard InChI is InChI=1S/B3H8N3/c1-4-2-6-3-5-1/h1,4-6H,2-3H2/q-2. The van der Waals surface area contributed by atoms with Crippen LogP contribution in [0.4, 0.5) is 0 Å². The normalized spacial score (nSPS) is 22.7. The van der Waals surface area contributed by atoms with Crippen LogP contribution in [-0.2, 0) is 0 Å². The molecular formula is H8B3N3-2. The highest BCUT2D eigenvalue weighted by Gasteiger charge is 1.80. The molecule has 3 nitrogen and oxygen atoms in total. The molecule has 0 unspecified atom stereocenters. The van der Waals surface area contributed by atoms with Gasteiger partial charge in [0.05, 0.1) is 0 Å². The second kappa shape index (κ2) is 2.28. The van der Waals surface area contributed by atoms with Crippen LogP contribution in [0.25, 0.3) is 0 Å². The van der Waals surface area contributed by atoms with E-state index in [0.29, 0.717) is 0 Å². The summed E-state index contributed by atoms with van der Waals surface area (Å²) in [7, 11) is 1.25. The van der Waals surface area contributed by atoms with Gasteiger partial charge in [-0.15, -0.1) is 0 Å². The zero-order chi connectivity index (χ0) is 4.24. The van der Waals surface area contributed by atoms with Crippen LogP contribution in [-0.4, -0.2) is 22.6 Å². The first-order chi connectivity index (χ1) is 3.00. The predicted octanol–water partition coefficient (Wildman–Crippen LogP) is -3.97. The molecule has 0 saturated carbocycles. The van der Waals surface area contributed by atoms with Crippen LogP contribution in [0.5, 0.6) is 0 Å². The molecule has 0 amide bonds. The van der Waals surface area contributed by atoms with E-state index in [2.05, 4.69) is 15.4 Å². The molecular weight excluding hydrogens is 74.5 g/mol. The molecule has 0 aliphatic carbocycles. The molecule has 1 aliphatic heterocycles. The van der Waals surface area contributed by atoms with Gasteiger partial charge < -0.3 is 15.4 Å². The zero-order valence-electron chi connectivity index (χ0n) is 4.21. The van der Waals surface area contributed by atoms with Gasteiger partial charge in [-0.2, -0.15) is 0 Å². The second-order valence-electron chi connectivity index (χ2n) is 1.88. The van der Waals surface area contributed by atoms with E-state index in [1.54, 1.807) is 0 Å². The third kappa shape index (κ3) is 1.04. The van der Waals surface area contributed by atoms with Gasteiger partial charge in [-0.1, -0.05) is 0 Å². The Bertz CT molecular complexity index is 21.5. The maximum Gasteiger partial charge on any atom is 0.207 e. The third-order valence-electron chi connectivity index (χ3n) is 1.21. The Balaban J connectivity index is 2.00.